The maximum absolute atomic E-state index is 11.7. The van der Waals surface area contributed by atoms with Gasteiger partial charge in [-0.3, -0.25) is 9.80 Å². The molecule has 8 rings (SSSR count). The summed E-state index contributed by atoms with van der Waals surface area (Å²) in [5.41, 5.74) is 4.88. The van der Waals surface area contributed by atoms with Gasteiger partial charge in [0.15, 0.2) is 11.3 Å². The molecule has 270 valence electrons. The maximum atomic E-state index is 11.7. The molecule has 6 heterocycles. The number of pyridine rings is 2. The molecule has 14 heteroatoms. The Bertz CT molecular complexity index is 2120. The smallest absolute Gasteiger partial charge is 0.178 e. The number of hydrogen-bond donors (Lipinski definition) is 4. The molecule has 2 aliphatic rings. The number of hydrogen-bond acceptors (Lipinski definition) is 10. The third-order valence-electron chi connectivity index (χ3n) is 9.94. The van der Waals surface area contributed by atoms with Gasteiger partial charge in [-0.2, -0.15) is 0 Å². The number of rotatable bonds is 13. The number of imidazole rings is 2. The van der Waals surface area contributed by atoms with E-state index >= 15 is 0 Å². The first-order chi connectivity index (χ1) is 25.4. The Balaban J connectivity index is 0.867. The first-order valence-electron chi connectivity index (χ1n) is 17.7. The number of nitrogens with one attached hydrogen (secondary N) is 2. The summed E-state index contributed by atoms with van der Waals surface area (Å²) in [7, 11) is 0. The van der Waals surface area contributed by atoms with Gasteiger partial charge in [0.2, 0.25) is 0 Å². The summed E-state index contributed by atoms with van der Waals surface area (Å²) in [6, 6.07) is 19.3. The minimum absolute atomic E-state index is 0.0955. The van der Waals surface area contributed by atoms with Crippen molar-refractivity contribution in [3.63, 3.8) is 0 Å². The number of aromatic nitrogens is 6. The molecule has 0 spiro atoms. The van der Waals surface area contributed by atoms with Gasteiger partial charge in [-0.15, -0.1) is 0 Å². The van der Waals surface area contributed by atoms with Crippen molar-refractivity contribution < 1.29 is 19.7 Å². The monoisotopic (exact) mass is 830 g/mol. The number of aliphatic hydroxyl groups excluding tert-OH is 2. The highest BCUT2D eigenvalue weighted by molar-refractivity contribution is 9.10. The molecule has 4 aromatic heterocycles. The molecule has 12 nitrogen and oxygen atoms in total. The average molecular weight is 833 g/mol. The van der Waals surface area contributed by atoms with Crippen molar-refractivity contribution in [3.05, 3.63) is 82.0 Å². The number of benzene rings is 2. The fourth-order valence-corrected chi connectivity index (χ4v) is 8.15. The third-order valence-corrected chi connectivity index (χ3v) is 10.8. The molecule has 4 unspecified atom stereocenters. The molecule has 2 saturated heterocycles. The number of H-pyrrole nitrogens is 2. The van der Waals surface area contributed by atoms with Crippen molar-refractivity contribution in [2.75, 3.05) is 39.4 Å². The molecular formula is C38H40Br2N8O4. The highest BCUT2D eigenvalue weighted by Gasteiger charge is 2.41. The molecule has 2 aliphatic heterocycles. The zero-order valence-electron chi connectivity index (χ0n) is 28.5. The predicted octanol–water partition coefficient (Wildman–Crippen LogP) is 6.20. The van der Waals surface area contributed by atoms with Gasteiger partial charge in [-0.05, 0) is 138 Å². The van der Waals surface area contributed by atoms with E-state index in [2.05, 4.69) is 71.6 Å². The third kappa shape index (κ3) is 7.87. The molecule has 0 aliphatic carbocycles. The van der Waals surface area contributed by atoms with Crippen LogP contribution in [0, 0.1) is 0 Å². The second-order valence-corrected chi connectivity index (χ2v) is 15.4. The van der Waals surface area contributed by atoms with E-state index in [0.29, 0.717) is 29.3 Å². The minimum Gasteiger partial charge on any atom is -0.491 e. The van der Waals surface area contributed by atoms with Gasteiger partial charge in [0, 0.05) is 45.1 Å². The Morgan fingerprint density at radius 3 is 1.83 bits per heavy atom. The number of aromatic amines is 2. The second kappa shape index (κ2) is 15.6. The van der Waals surface area contributed by atoms with Gasteiger partial charge < -0.3 is 29.7 Å². The molecule has 0 amide bonds. The average Bonchev–Trinajstić information content (AvgIpc) is 3.98. The summed E-state index contributed by atoms with van der Waals surface area (Å²) in [5, 5.41) is 22.8. The second-order valence-electron chi connectivity index (χ2n) is 13.6. The summed E-state index contributed by atoms with van der Waals surface area (Å²) >= 11 is 6.91. The number of aliphatic hydroxyl groups is 2. The van der Waals surface area contributed by atoms with E-state index in [1.54, 1.807) is 12.4 Å². The number of nitrogens with zero attached hydrogens (tertiary/aromatic N) is 6. The van der Waals surface area contributed by atoms with Crippen LogP contribution in [0.15, 0.2) is 82.0 Å². The van der Waals surface area contributed by atoms with Crippen molar-refractivity contribution in [2.24, 2.45) is 0 Å². The molecule has 6 aromatic rings. The van der Waals surface area contributed by atoms with Gasteiger partial charge >= 0.3 is 0 Å². The largest absolute Gasteiger partial charge is 0.491 e. The van der Waals surface area contributed by atoms with Crippen LogP contribution < -0.4 is 9.47 Å². The summed E-state index contributed by atoms with van der Waals surface area (Å²) in [5.74, 6) is 2.83. The number of fused-ring (bicyclic) bond motifs is 2. The van der Waals surface area contributed by atoms with Gasteiger partial charge in [0.05, 0.1) is 17.1 Å². The minimum atomic E-state index is -0.695. The van der Waals surface area contributed by atoms with E-state index in [0.717, 1.165) is 88.1 Å². The molecule has 2 fully saturated rings. The zero-order valence-corrected chi connectivity index (χ0v) is 31.6. The Labute approximate surface area is 317 Å². The number of likely N-dealkylation sites (tertiary alicyclic amines) is 2. The summed E-state index contributed by atoms with van der Waals surface area (Å²) < 4.78 is 14.0. The van der Waals surface area contributed by atoms with Crippen LogP contribution in [0.4, 0.5) is 0 Å². The van der Waals surface area contributed by atoms with Gasteiger partial charge in [-0.25, -0.2) is 19.9 Å². The molecular weight excluding hydrogens is 792 g/mol. The van der Waals surface area contributed by atoms with Crippen LogP contribution in [-0.4, -0.2) is 114 Å². The fourth-order valence-electron chi connectivity index (χ4n) is 7.48. The van der Waals surface area contributed by atoms with Gasteiger partial charge in [0.1, 0.15) is 48.6 Å². The van der Waals surface area contributed by atoms with Crippen molar-refractivity contribution in [3.8, 4) is 34.3 Å². The van der Waals surface area contributed by atoms with E-state index in [-0.39, 0.29) is 25.3 Å². The van der Waals surface area contributed by atoms with Crippen LogP contribution in [-0.2, 0) is 0 Å². The molecule has 4 atom stereocenters. The Morgan fingerprint density at radius 1 is 0.731 bits per heavy atom. The highest BCUT2D eigenvalue weighted by Crippen LogP contribution is 2.30. The molecule has 0 saturated carbocycles. The predicted molar refractivity (Wildman–Crippen MR) is 206 cm³/mol. The molecule has 0 radical (unpaired) electrons. The SMILES string of the molecule is OC(COc1ccc(-c2nc3ncc(Br)cc3[nH]2)cc1)CN1CCCC1C(C(O)COc1ccc(-c2nc3ncc(Br)cc3[nH]2)cc1)N1CCCC1. The lowest BCUT2D eigenvalue weighted by atomic mass is 9.98. The lowest BCUT2D eigenvalue weighted by molar-refractivity contribution is -0.0206. The standard InChI is InChI=1S/C38H40Br2N8O4/c39-25-16-30-37(41-18-25)45-35(43-30)23-5-9-28(10-6-23)51-21-27(49)20-48-15-3-4-32(48)34(47-13-1-2-14-47)33(50)22-52-29-11-7-24(8-12-29)36-44-31-17-26(40)19-42-38(31)46-36/h5-12,16-19,27,32-34,49-50H,1-4,13-15,20-22H2,(H,41,43,45)(H,42,44,46). The van der Waals surface area contributed by atoms with E-state index in [4.69, 9.17) is 9.47 Å². The van der Waals surface area contributed by atoms with E-state index in [9.17, 15) is 10.2 Å². The van der Waals surface area contributed by atoms with Crippen molar-refractivity contribution in [1.29, 1.82) is 0 Å². The quantitative estimate of drug-likeness (QED) is 0.106. The first-order valence-corrected chi connectivity index (χ1v) is 19.3. The molecule has 52 heavy (non-hydrogen) atoms. The van der Waals surface area contributed by atoms with Crippen molar-refractivity contribution in [1.82, 2.24) is 39.7 Å². The highest BCUT2D eigenvalue weighted by atomic mass is 79.9. The summed E-state index contributed by atoms with van der Waals surface area (Å²) in [4.78, 5) is 29.3. The number of β-amino-alcohol motifs (C(OH)–C–C–N with tert-alkyl or cyclic N) is 1. The molecule has 4 N–H and O–H groups in total. The lowest BCUT2D eigenvalue weighted by Gasteiger charge is -2.40. The molecule has 2 aromatic carbocycles. The van der Waals surface area contributed by atoms with Gasteiger partial charge in [-0.1, -0.05) is 0 Å². The first kappa shape index (κ1) is 35.1. The summed E-state index contributed by atoms with van der Waals surface area (Å²) in [6.07, 6.45) is 6.29. The summed E-state index contributed by atoms with van der Waals surface area (Å²) in [6.45, 7) is 3.59. The van der Waals surface area contributed by atoms with Crippen molar-refractivity contribution in [2.45, 2.75) is 50.0 Å². The van der Waals surface area contributed by atoms with Crippen LogP contribution in [0.1, 0.15) is 25.7 Å². The van der Waals surface area contributed by atoms with Crippen LogP contribution in [0.25, 0.3) is 45.1 Å². The maximum Gasteiger partial charge on any atom is 0.178 e. The number of halogens is 2. The van der Waals surface area contributed by atoms with E-state index in [1.165, 1.54) is 0 Å². The van der Waals surface area contributed by atoms with Crippen LogP contribution in [0.2, 0.25) is 0 Å². The fraction of sp³-hybridized carbons (Fsp3) is 0.368. The Kier molecular flexibility index (Phi) is 10.5. The van der Waals surface area contributed by atoms with Crippen LogP contribution in [0.5, 0.6) is 11.5 Å². The topological polar surface area (TPSA) is 149 Å². The number of ether oxygens (including phenoxy) is 2. The molecule has 0 bridgehead atoms. The van der Waals surface area contributed by atoms with E-state index in [1.807, 2.05) is 60.7 Å². The van der Waals surface area contributed by atoms with E-state index < -0.39 is 12.2 Å². The van der Waals surface area contributed by atoms with Crippen molar-refractivity contribution >= 4 is 54.2 Å². The van der Waals surface area contributed by atoms with Crippen LogP contribution >= 0.6 is 31.9 Å². The van der Waals surface area contributed by atoms with Gasteiger partial charge in [0.25, 0.3) is 0 Å². The Hall–Kier alpha value is -3.92. The lowest BCUT2D eigenvalue weighted by Crippen LogP contribution is -2.57. The Morgan fingerprint density at radius 2 is 1.27 bits per heavy atom. The zero-order chi connectivity index (χ0) is 35.6. The normalized spacial score (nSPS) is 18.7. The van der Waals surface area contributed by atoms with Crippen LogP contribution in [0.3, 0.4) is 0 Å².